The van der Waals surface area contributed by atoms with Crippen molar-refractivity contribution in [3.63, 3.8) is 0 Å². The maximum atomic E-state index is 14.1. The Kier molecular flexibility index (Phi) is 6.23. The number of fused-ring (bicyclic) bond motifs is 1. The highest BCUT2D eigenvalue weighted by Crippen LogP contribution is 2.39. The minimum absolute atomic E-state index is 0.136. The molecule has 0 unspecified atom stereocenters. The van der Waals surface area contributed by atoms with Gasteiger partial charge in [-0.05, 0) is 42.7 Å². The standard InChI is InChI=1S/C24H24FN3OS/c1-2-3-4-5-6-16-7-9-19(28-15-16)23-14-20-24(30-23)22(11-12-27-20)29-21-10-8-17(26)13-18(21)25/h7-15H,2-6,26H2,1H3. The molecule has 0 aliphatic carbocycles. The fraction of sp³-hybridized carbons (Fsp3) is 0.250. The summed E-state index contributed by atoms with van der Waals surface area (Å²) in [7, 11) is 0. The largest absolute Gasteiger partial charge is 0.453 e. The Morgan fingerprint density at radius 3 is 2.67 bits per heavy atom. The van der Waals surface area contributed by atoms with E-state index in [4.69, 9.17) is 10.5 Å². The number of ether oxygens (including phenoxy) is 1. The Hall–Kier alpha value is -2.99. The molecule has 0 fully saturated rings. The summed E-state index contributed by atoms with van der Waals surface area (Å²) in [4.78, 5) is 10.1. The second-order valence-corrected chi connectivity index (χ2v) is 8.34. The number of nitrogens with two attached hydrogens (primary N) is 1. The van der Waals surface area contributed by atoms with Crippen molar-refractivity contribution in [1.82, 2.24) is 9.97 Å². The first-order valence-electron chi connectivity index (χ1n) is 10.2. The number of hydrogen-bond acceptors (Lipinski definition) is 5. The fourth-order valence-electron chi connectivity index (χ4n) is 3.31. The Morgan fingerprint density at radius 1 is 1.00 bits per heavy atom. The molecule has 4 aromatic rings. The van der Waals surface area contributed by atoms with Crippen LogP contribution < -0.4 is 10.5 Å². The van der Waals surface area contributed by atoms with Crippen molar-refractivity contribution in [3.05, 3.63) is 66.2 Å². The van der Waals surface area contributed by atoms with Gasteiger partial charge in [-0.2, -0.15) is 0 Å². The summed E-state index contributed by atoms with van der Waals surface area (Å²) in [5, 5.41) is 0. The highest BCUT2D eigenvalue weighted by molar-refractivity contribution is 7.22. The van der Waals surface area contributed by atoms with Gasteiger partial charge in [-0.3, -0.25) is 9.97 Å². The van der Waals surface area contributed by atoms with Gasteiger partial charge in [0.05, 0.1) is 20.8 Å². The van der Waals surface area contributed by atoms with E-state index in [9.17, 15) is 4.39 Å². The highest BCUT2D eigenvalue weighted by atomic mass is 32.1. The van der Waals surface area contributed by atoms with Crippen molar-refractivity contribution in [1.29, 1.82) is 0 Å². The van der Waals surface area contributed by atoms with Gasteiger partial charge in [-0.25, -0.2) is 4.39 Å². The van der Waals surface area contributed by atoms with Gasteiger partial charge in [0.15, 0.2) is 11.6 Å². The molecule has 0 saturated carbocycles. The minimum atomic E-state index is -0.493. The van der Waals surface area contributed by atoms with E-state index >= 15 is 0 Å². The number of rotatable bonds is 8. The molecule has 0 aliphatic heterocycles. The van der Waals surface area contributed by atoms with Crippen LogP contribution in [0, 0.1) is 5.82 Å². The van der Waals surface area contributed by atoms with Crippen molar-refractivity contribution < 1.29 is 9.13 Å². The molecule has 0 amide bonds. The molecule has 30 heavy (non-hydrogen) atoms. The number of anilines is 1. The van der Waals surface area contributed by atoms with Gasteiger partial charge < -0.3 is 10.5 Å². The van der Waals surface area contributed by atoms with E-state index in [2.05, 4.69) is 29.0 Å². The van der Waals surface area contributed by atoms with Crippen molar-refractivity contribution in [3.8, 4) is 22.1 Å². The molecule has 0 radical (unpaired) electrons. The maximum Gasteiger partial charge on any atom is 0.167 e. The second-order valence-electron chi connectivity index (χ2n) is 7.29. The van der Waals surface area contributed by atoms with Crippen LogP contribution in [0.5, 0.6) is 11.5 Å². The Balaban J connectivity index is 1.56. The number of nitrogens with zero attached hydrogens (tertiary/aromatic N) is 2. The molecule has 0 saturated heterocycles. The summed E-state index contributed by atoms with van der Waals surface area (Å²) in [6, 6.07) is 12.3. The molecule has 1 aromatic carbocycles. The van der Waals surface area contributed by atoms with Crippen LogP contribution in [0.3, 0.4) is 0 Å². The molecule has 0 spiro atoms. The molecule has 0 bridgehead atoms. The summed E-state index contributed by atoms with van der Waals surface area (Å²) in [5.74, 6) is 0.206. The third-order valence-electron chi connectivity index (χ3n) is 4.95. The van der Waals surface area contributed by atoms with Crippen molar-refractivity contribution in [2.45, 2.75) is 39.0 Å². The van der Waals surface area contributed by atoms with Crippen molar-refractivity contribution in [2.24, 2.45) is 0 Å². The number of hydrogen-bond donors (Lipinski definition) is 1. The van der Waals surface area contributed by atoms with Gasteiger partial charge >= 0.3 is 0 Å². The molecule has 0 aliphatic rings. The molecule has 154 valence electrons. The third-order valence-corrected chi connectivity index (χ3v) is 6.11. The third kappa shape index (κ3) is 4.60. The zero-order valence-electron chi connectivity index (χ0n) is 16.9. The number of benzene rings is 1. The second kappa shape index (κ2) is 9.22. The summed E-state index contributed by atoms with van der Waals surface area (Å²) in [6.45, 7) is 2.22. The number of aryl methyl sites for hydroxylation is 1. The summed E-state index contributed by atoms with van der Waals surface area (Å²) in [6.07, 6.45) is 9.67. The quantitative estimate of drug-likeness (QED) is 0.246. The van der Waals surface area contributed by atoms with E-state index in [1.807, 2.05) is 12.3 Å². The molecule has 4 nitrogen and oxygen atoms in total. The molecule has 4 rings (SSSR count). The van der Waals surface area contributed by atoms with Gasteiger partial charge in [0.1, 0.15) is 5.75 Å². The van der Waals surface area contributed by atoms with E-state index in [-0.39, 0.29) is 5.75 Å². The average molecular weight is 422 g/mol. The van der Waals surface area contributed by atoms with E-state index in [0.717, 1.165) is 27.2 Å². The van der Waals surface area contributed by atoms with Crippen LogP contribution in [-0.4, -0.2) is 9.97 Å². The molecular formula is C24H24FN3OS. The Morgan fingerprint density at radius 2 is 1.90 bits per heavy atom. The first-order valence-corrected chi connectivity index (χ1v) is 11.0. The number of unbranched alkanes of at least 4 members (excludes halogenated alkanes) is 3. The first kappa shape index (κ1) is 20.3. The lowest BCUT2D eigenvalue weighted by Crippen LogP contribution is -1.91. The smallest absolute Gasteiger partial charge is 0.167 e. The van der Waals surface area contributed by atoms with Crippen LogP contribution in [0.25, 0.3) is 20.8 Å². The summed E-state index contributed by atoms with van der Waals surface area (Å²) in [5.41, 5.74) is 8.94. The van der Waals surface area contributed by atoms with Gasteiger partial charge in [0.25, 0.3) is 0 Å². The van der Waals surface area contributed by atoms with E-state index in [0.29, 0.717) is 11.4 Å². The van der Waals surface area contributed by atoms with Crippen LogP contribution in [0.4, 0.5) is 10.1 Å². The van der Waals surface area contributed by atoms with Crippen molar-refractivity contribution in [2.75, 3.05) is 5.73 Å². The van der Waals surface area contributed by atoms with Crippen LogP contribution in [0.15, 0.2) is 54.9 Å². The molecular weight excluding hydrogens is 397 g/mol. The lowest BCUT2D eigenvalue weighted by molar-refractivity contribution is 0.447. The van der Waals surface area contributed by atoms with Crippen molar-refractivity contribution >= 4 is 27.2 Å². The first-order chi connectivity index (χ1) is 14.6. The van der Waals surface area contributed by atoms with Gasteiger partial charge in [0.2, 0.25) is 0 Å². The minimum Gasteiger partial charge on any atom is -0.453 e. The van der Waals surface area contributed by atoms with Gasteiger partial charge in [-0.15, -0.1) is 11.3 Å². The maximum absolute atomic E-state index is 14.1. The molecule has 3 aromatic heterocycles. The number of halogens is 1. The summed E-state index contributed by atoms with van der Waals surface area (Å²) >= 11 is 1.54. The predicted molar refractivity (Wildman–Crippen MR) is 122 cm³/mol. The normalized spacial score (nSPS) is 11.1. The van der Waals surface area contributed by atoms with E-state index < -0.39 is 5.82 Å². The van der Waals surface area contributed by atoms with E-state index in [1.54, 1.807) is 18.3 Å². The monoisotopic (exact) mass is 421 g/mol. The van der Waals surface area contributed by atoms with Gasteiger partial charge in [-0.1, -0.05) is 32.3 Å². The number of pyridine rings is 2. The van der Waals surface area contributed by atoms with Crippen LogP contribution >= 0.6 is 11.3 Å². The fourth-order valence-corrected chi connectivity index (χ4v) is 4.36. The zero-order chi connectivity index (χ0) is 20.9. The van der Waals surface area contributed by atoms with Crippen LogP contribution in [-0.2, 0) is 6.42 Å². The topological polar surface area (TPSA) is 61.0 Å². The lowest BCUT2D eigenvalue weighted by Gasteiger charge is -2.07. The Bertz CT molecular complexity index is 1140. The predicted octanol–water partition coefficient (Wildman–Crippen LogP) is 6.99. The summed E-state index contributed by atoms with van der Waals surface area (Å²) < 4.78 is 20.8. The van der Waals surface area contributed by atoms with Crippen LogP contribution in [0.1, 0.15) is 38.2 Å². The SMILES string of the molecule is CCCCCCc1ccc(-c2cc3nccc(Oc4ccc(N)cc4F)c3s2)nc1. The van der Waals surface area contributed by atoms with Crippen LogP contribution in [0.2, 0.25) is 0 Å². The number of nitrogen functional groups attached to an aromatic ring is 1. The molecule has 6 heteroatoms. The van der Waals surface area contributed by atoms with Gasteiger partial charge in [0, 0.05) is 30.2 Å². The molecule has 2 N–H and O–H groups in total. The lowest BCUT2D eigenvalue weighted by atomic mass is 10.1. The average Bonchev–Trinajstić information content (AvgIpc) is 3.19. The van der Waals surface area contributed by atoms with E-state index in [1.165, 1.54) is 54.7 Å². The molecule has 0 atom stereocenters. The number of aromatic nitrogens is 2. The Labute approximate surface area is 179 Å². The highest BCUT2D eigenvalue weighted by Gasteiger charge is 2.13. The number of thiophene rings is 1. The molecule has 3 heterocycles. The zero-order valence-corrected chi connectivity index (χ0v) is 17.7.